The van der Waals surface area contributed by atoms with E-state index in [4.69, 9.17) is 16.3 Å². The number of ether oxygens (including phenoxy) is 1. The normalized spacial score (nSPS) is 11.1. The molecular weight excluding hydrogens is 366 g/mol. The maximum absolute atomic E-state index is 6.08. The molecule has 0 fully saturated rings. The SMILES string of the molecule is CCCc1ccc(OCc2ccc(Cn3ccc4cc(Cl)ccc43)cc2)cc1. The minimum Gasteiger partial charge on any atom is -0.489 e. The van der Waals surface area contributed by atoms with Crippen LogP contribution in [-0.4, -0.2) is 4.57 Å². The molecular formula is C25H24ClNO. The second-order valence-electron chi connectivity index (χ2n) is 7.15. The maximum atomic E-state index is 6.08. The Labute approximate surface area is 171 Å². The molecule has 0 aliphatic rings. The lowest BCUT2D eigenvalue weighted by atomic mass is 10.1. The number of benzene rings is 3. The predicted molar refractivity (Wildman–Crippen MR) is 117 cm³/mol. The lowest BCUT2D eigenvalue weighted by Gasteiger charge is -2.09. The molecule has 3 aromatic carbocycles. The fourth-order valence-corrected chi connectivity index (χ4v) is 3.63. The van der Waals surface area contributed by atoms with Crippen molar-refractivity contribution in [2.75, 3.05) is 0 Å². The van der Waals surface area contributed by atoms with Crippen LogP contribution in [-0.2, 0) is 19.6 Å². The van der Waals surface area contributed by atoms with Gasteiger partial charge in [0.1, 0.15) is 12.4 Å². The molecule has 28 heavy (non-hydrogen) atoms. The highest BCUT2D eigenvalue weighted by atomic mass is 35.5. The van der Waals surface area contributed by atoms with Gasteiger partial charge in [-0.1, -0.05) is 61.3 Å². The zero-order valence-corrected chi connectivity index (χ0v) is 16.8. The second-order valence-corrected chi connectivity index (χ2v) is 7.58. The van der Waals surface area contributed by atoms with Crippen molar-refractivity contribution in [2.45, 2.75) is 32.9 Å². The molecule has 0 saturated heterocycles. The van der Waals surface area contributed by atoms with E-state index >= 15 is 0 Å². The van der Waals surface area contributed by atoms with Crippen LogP contribution in [0, 0.1) is 0 Å². The summed E-state index contributed by atoms with van der Waals surface area (Å²) in [5, 5.41) is 1.94. The van der Waals surface area contributed by atoms with Crippen molar-refractivity contribution in [1.29, 1.82) is 0 Å². The molecule has 4 aromatic rings. The van der Waals surface area contributed by atoms with Gasteiger partial charge in [0.15, 0.2) is 0 Å². The third-order valence-electron chi connectivity index (χ3n) is 4.98. The molecule has 0 bridgehead atoms. The van der Waals surface area contributed by atoms with Gasteiger partial charge < -0.3 is 9.30 Å². The van der Waals surface area contributed by atoms with Crippen molar-refractivity contribution in [3.63, 3.8) is 0 Å². The van der Waals surface area contributed by atoms with Crippen molar-refractivity contribution >= 4 is 22.5 Å². The fraction of sp³-hybridized carbons (Fsp3) is 0.200. The van der Waals surface area contributed by atoms with Crippen LogP contribution >= 0.6 is 11.6 Å². The van der Waals surface area contributed by atoms with E-state index in [1.807, 2.05) is 12.1 Å². The van der Waals surface area contributed by atoms with Gasteiger partial charge in [-0.2, -0.15) is 0 Å². The summed E-state index contributed by atoms with van der Waals surface area (Å²) in [5.74, 6) is 0.918. The standard InChI is InChI=1S/C25H24ClNO/c1-2-3-19-8-11-24(12-9-19)28-18-21-6-4-20(5-7-21)17-27-15-14-22-16-23(26)10-13-25(22)27/h4-16H,2-3,17-18H2,1H3. The number of rotatable bonds is 7. The first-order valence-corrected chi connectivity index (χ1v) is 10.1. The minimum atomic E-state index is 0.582. The number of aryl methyl sites for hydroxylation is 1. The summed E-state index contributed by atoms with van der Waals surface area (Å²) < 4.78 is 8.17. The summed E-state index contributed by atoms with van der Waals surface area (Å²) >= 11 is 6.08. The molecule has 0 radical (unpaired) electrons. The molecule has 142 valence electrons. The van der Waals surface area contributed by atoms with E-state index in [-0.39, 0.29) is 0 Å². The van der Waals surface area contributed by atoms with Crippen LogP contribution in [0.15, 0.2) is 79.0 Å². The van der Waals surface area contributed by atoms with Crippen LogP contribution in [0.5, 0.6) is 5.75 Å². The van der Waals surface area contributed by atoms with E-state index in [1.165, 1.54) is 34.0 Å². The molecule has 4 rings (SSSR count). The fourth-order valence-electron chi connectivity index (χ4n) is 3.45. The third kappa shape index (κ3) is 4.40. The largest absolute Gasteiger partial charge is 0.489 e. The number of aromatic nitrogens is 1. The highest BCUT2D eigenvalue weighted by Crippen LogP contribution is 2.22. The Morgan fingerprint density at radius 2 is 1.54 bits per heavy atom. The molecule has 1 aromatic heterocycles. The first-order valence-electron chi connectivity index (χ1n) is 9.75. The van der Waals surface area contributed by atoms with E-state index in [0.29, 0.717) is 6.61 Å². The van der Waals surface area contributed by atoms with Gasteiger partial charge in [0.25, 0.3) is 0 Å². The van der Waals surface area contributed by atoms with Gasteiger partial charge in [-0.25, -0.2) is 0 Å². The van der Waals surface area contributed by atoms with Crippen molar-refractivity contribution in [3.8, 4) is 5.75 Å². The number of fused-ring (bicyclic) bond motifs is 1. The Balaban J connectivity index is 1.38. The maximum Gasteiger partial charge on any atom is 0.119 e. The van der Waals surface area contributed by atoms with Gasteiger partial charge in [0.2, 0.25) is 0 Å². The quantitative estimate of drug-likeness (QED) is 0.336. The number of nitrogens with zero attached hydrogens (tertiary/aromatic N) is 1. The summed E-state index contributed by atoms with van der Waals surface area (Å²) in [7, 11) is 0. The molecule has 0 aliphatic carbocycles. The van der Waals surface area contributed by atoms with E-state index in [9.17, 15) is 0 Å². The molecule has 0 spiro atoms. The van der Waals surface area contributed by atoms with Crippen LogP contribution in [0.1, 0.15) is 30.0 Å². The summed E-state index contributed by atoms with van der Waals surface area (Å²) in [5.41, 5.74) is 4.99. The molecule has 0 saturated carbocycles. The second kappa shape index (κ2) is 8.53. The molecule has 1 heterocycles. The first-order chi connectivity index (χ1) is 13.7. The van der Waals surface area contributed by atoms with E-state index in [2.05, 4.69) is 78.4 Å². The lowest BCUT2D eigenvalue weighted by molar-refractivity contribution is 0.306. The average molecular weight is 390 g/mol. The lowest BCUT2D eigenvalue weighted by Crippen LogP contribution is -1.99. The Morgan fingerprint density at radius 1 is 0.821 bits per heavy atom. The highest BCUT2D eigenvalue weighted by molar-refractivity contribution is 6.31. The van der Waals surface area contributed by atoms with Crippen LogP contribution < -0.4 is 4.74 Å². The van der Waals surface area contributed by atoms with Gasteiger partial charge in [-0.15, -0.1) is 0 Å². The molecule has 3 heteroatoms. The van der Waals surface area contributed by atoms with Crippen LogP contribution in [0.25, 0.3) is 10.9 Å². The van der Waals surface area contributed by atoms with E-state index in [1.54, 1.807) is 0 Å². The van der Waals surface area contributed by atoms with Crippen molar-refractivity contribution < 1.29 is 4.74 Å². The van der Waals surface area contributed by atoms with Crippen molar-refractivity contribution in [2.24, 2.45) is 0 Å². The first kappa shape index (κ1) is 18.6. The summed E-state index contributed by atoms with van der Waals surface area (Å²) in [6.07, 6.45) is 4.39. The van der Waals surface area contributed by atoms with Gasteiger partial charge in [-0.05, 0) is 59.5 Å². The number of hydrogen-bond donors (Lipinski definition) is 0. The summed E-state index contributed by atoms with van der Waals surface area (Å²) in [6, 6.07) is 25.2. The molecule has 2 nitrogen and oxygen atoms in total. The summed E-state index contributed by atoms with van der Waals surface area (Å²) in [4.78, 5) is 0. The van der Waals surface area contributed by atoms with Gasteiger partial charge in [0.05, 0.1) is 0 Å². The highest BCUT2D eigenvalue weighted by Gasteiger charge is 2.03. The van der Waals surface area contributed by atoms with Crippen molar-refractivity contribution in [1.82, 2.24) is 4.57 Å². The molecule has 0 N–H and O–H groups in total. The summed E-state index contributed by atoms with van der Waals surface area (Å²) in [6.45, 7) is 3.62. The van der Waals surface area contributed by atoms with Crippen LogP contribution in [0.2, 0.25) is 5.02 Å². The average Bonchev–Trinajstić information content (AvgIpc) is 3.10. The monoisotopic (exact) mass is 389 g/mol. The Hall–Kier alpha value is -2.71. The molecule has 0 atom stereocenters. The number of halogens is 1. The van der Waals surface area contributed by atoms with E-state index < -0.39 is 0 Å². The van der Waals surface area contributed by atoms with Crippen LogP contribution in [0.4, 0.5) is 0 Å². The molecule has 0 aliphatic heterocycles. The van der Waals surface area contributed by atoms with Crippen LogP contribution in [0.3, 0.4) is 0 Å². The zero-order valence-electron chi connectivity index (χ0n) is 16.1. The minimum absolute atomic E-state index is 0.582. The predicted octanol–water partition coefficient (Wildman–Crippen LogP) is 6.87. The topological polar surface area (TPSA) is 14.2 Å². The molecule has 0 unspecified atom stereocenters. The third-order valence-corrected chi connectivity index (χ3v) is 5.21. The Morgan fingerprint density at radius 3 is 2.29 bits per heavy atom. The molecule has 0 amide bonds. The smallest absolute Gasteiger partial charge is 0.119 e. The van der Waals surface area contributed by atoms with Gasteiger partial charge >= 0.3 is 0 Å². The Kier molecular flexibility index (Phi) is 5.68. The Bertz CT molecular complexity index is 1050. The van der Waals surface area contributed by atoms with Gasteiger partial charge in [-0.3, -0.25) is 0 Å². The van der Waals surface area contributed by atoms with Gasteiger partial charge in [0, 0.05) is 28.7 Å². The number of hydrogen-bond acceptors (Lipinski definition) is 1. The van der Waals surface area contributed by atoms with Crippen molar-refractivity contribution in [3.05, 3.63) is 101 Å². The van der Waals surface area contributed by atoms with E-state index in [0.717, 1.165) is 23.7 Å². The zero-order chi connectivity index (χ0) is 19.3.